The molecule has 5 rings (SSSR count). The quantitative estimate of drug-likeness (QED) is 0.655. The number of nitrogens with zero attached hydrogens (tertiary/aromatic N) is 5. The molecule has 2 aromatic heterocycles. The molecule has 2 saturated heterocycles. The zero-order chi connectivity index (χ0) is 23.0. The normalized spacial score (nSPS) is 22.5. The van der Waals surface area contributed by atoms with Crippen LogP contribution in [-0.4, -0.2) is 77.8 Å². The molecule has 0 radical (unpaired) electrons. The zero-order valence-corrected chi connectivity index (χ0v) is 18.8. The molecule has 2 aromatic rings. The second-order valence-corrected chi connectivity index (χ2v) is 9.34. The minimum absolute atomic E-state index is 0.201. The highest BCUT2D eigenvalue weighted by Gasteiger charge is 2.51. The third-order valence-corrected chi connectivity index (χ3v) is 7.22. The highest BCUT2D eigenvalue weighted by Crippen LogP contribution is 2.47. The topological polar surface area (TPSA) is 61.8 Å². The van der Waals surface area contributed by atoms with E-state index in [9.17, 15) is 13.6 Å². The smallest absolute Gasteiger partial charge is 0.409 e. The molecular weight excluding hydrogens is 428 g/mol. The van der Waals surface area contributed by atoms with Crippen LogP contribution < -0.4 is 4.90 Å². The highest BCUT2D eigenvalue weighted by atomic mass is 19.1. The maximum Gasteiger partial charge on any atom is 0.409 e. The fourth-order valence-corrected chi connectivity index (χ4v) is 5.62. The Bertz CT molecular complexity index is 1020. The van der Waals surface area contributed by atoms with E-state index in [-0.39, 0.29) is 11.5 Å². The summed E-state index contributed by atoms with van der Waals surface area (Å²) in [4.78, 5) is 26.5. The van der Waals surface area contributed by atoms with Crippen molar-refractivity contribution in [3.63, 3.8) is 0 Å². The van der Waals surface area contributed by atoms with Gasteiger partial charge in [0, 0.05) is 56.8 Å². The largest absolute Gasteiger partial charge is 0.450 e. The summed E-state index contributed by atoms with van der Waals surface area (Å²) in [6.45, 7) is 7.05. The first-order valence-electron chi connectivity index (χ1n) is 11.7. The number of ether oxygens (including phenoxy) is 1. The van der Waals surface area contributed by atoms with Gasteiger partial charge in [-0.15, -0.1) is 0 Å². The fraction of sp³-hybridized carbons (Fsp3) is 0.542. The van der Waals surface area contributed by atoms with Crippen LogP contribution in [0.4, 0.5) is 19.3 Å². The van der Waals surface area contributed by atoms with Crippen molar-refractivity contribution in [2.24, 2.45) is 5.41 Å². The van der Waals surface area contributed by atoms with Crippen molar-refractivity contribution in [2.75, 3.05) is 50.8 Å². The first-order valence-corrected chi connectivity index (χ1v) is 11.7. The van der Waals surface area contributed by atoms with Gasteiger partial charge in [0.15, 0.2) is 0 Å². The van der Waals surface area contributed by atoms with E-state index in [4.69, 9.17) is 4.74 Å². The van der Waals surface area contributed by atoms with E-state index in [0.717, 1.165) is 64.7 Å². The molecule has 0 N–H and O–H groups in total. The summed E-state index contributed by atoms with van der Waals surface area (Å²) in [5, 5.41) is 0. The molecule has 1 atom stereocenters. The number of piperazine rings is 1. The molecule has 3 aliphatic rings. The minimum atomic E-state index is -0.581. The van der Waals surface area contributed by atoms with Crippen molar-refractivity contribution in [1.82, 2.24) is 19.8 Å². The maximum atomic E-state index is 14.1. The Hall–Kier alpha value is -2.81. The van der Waals surface area contributed by atoms with Crippen molar-refractivity contribution in [3.8, 4) is 11.4 Å². The SMILES string of the molecule is CCOC(=O)N1CC2(CC[C@@H](N3CCN(c4cc(F)cnc4-c4cccc(F)n4)CC3)C2)C1. The molecule has 1 spiro atoms. The minimum Gasteiger partial charge on any atom is -0.450 e. The van der Waals surface area contributed by atoms with Gasteiger partial charge >= 0.3 is 6.09 Å². The summed E-state index contributed by atoms with van der Waals surface area (Å²) in [7, 11) is 0. The van der Waals surface area contributed by atoms with Gasteiger partial charge in [0.05, 0.1) is 24.2 Å². The van der Waals surface area contributed by atoms with Crippen LogP contribution >= 0.6 is 0 Å². The molecule has 7 nitrogen and oxygen atoms in total. The van der Waals surface area contributed by atoms with Gasteiger partial charge in [-0.2, -0.15) is 4.39 Å². The summed E-state index contributed by atoms with van der Waals surface area (Å²) in [5.74, 6) is -0.997. The van der Waals surface area contributed by atoms with Gasteiger partial charge < -0.3 is 14.5 Å². The van der Waals surface area contributed by atoms with Gasteiger partial charge in [-0.3, -0.25) is 4.90 Å². The molecule has 176 valence electrons. The monoisotopic (exact) mass is 457 g/mol. The molecule has 1 saturated carbocycles. The van der Waals surface area contributed by atoms with Gasteiger partial charge in [0.2, 0.25) is 5.95 Å². The number of anilines is 1. The maximum absolute atomic E-state index is 14.1. The molecule has 0 aromatic carbocycles. The molecule has 0 bridgehead atoms. The number of halogens is 2. The molecule has 33 heavy (non-hydrogen) atoms. The molecule has 2 aliphatic heterocycles. The first-order chi connectivity index (χ1) is 16.0. The standard InChI is InChI=1S/C24H29F2N5O2/c1-2-33-23(32)31-15-24(16-31)7-6-18(13-24)29-8-10-30(11-9-29)20-12-17(25)14-27-22(20)19-4-3-5-21(26)28-19/h3-5,12,14,18H,2,6-11,13,15-16H2,1H3/t18-/m1/s1. The van der Waals surface area contributed by atoms with Crippen molar-refractivity contribution in [3.05, 3.63) is 42.2 Å². The number of amides is 1. The Morgan fingerprint density at radius 3 is 2.73 bits per heavy atom. The van der Waals surface area contributed by atoms with E-state index in [1.54, 1.807) is 12.1 Å². The lowest BCUT2D eigenvalue weighted by Gasteiger charge is -2.48. The predicted molar refractivity (Wildman–Crippen MR) is 120 cm³/mol. The summed E-state index contributed by atoms with van der Waals surface area (Å²) in [5.41, 5.74) is 1.79. The van der Waals surface area contributed by atoms with E-state index >= 15 is 0 Å². The van der Waals surface area contributed by atoms with E-state index in [1.807, 2.05) is 11.8 Å². The third kappa shape index (κ3) is 4.38. The molecular formula is C24H29F2N5O2. The van der Waals surface area contributed by atoms with E-state index in [0.29, 0.717) is 29.7 Å². The van der Waals surface area contributed by atoms with Crippen molar-refractivity contribution in [1.29, 1.82) is 0 Å². The van der Waals surface area contributed by atoms with Crippen LogP contribution in [0.5, 0.6) is 0 Å². The van der Waals surface area contributed by atoms with Crippen LogP contribution in [0.15, 0.2) is 30.5 Å². The van der Waals surface area contributed by atoms with Crippen molar-refractivity contribution in [2.45, 2.75) is 32.2 Å². The summed E-state index contributed by atoms with van der Waals surface area (Å²) in [6.07, 6.45) is 4.32. The summed E-state index contributed by atoms with van der Waals surface area (Å²) < 4.78 is 32.8. The lowest BCUT2D eigenvalue weighted by Crippen LogP contribution is -2.58. The molecule has 9 heteroatoms. The van der Waals surface area contributed by atoms with Crippen LogP contribution in [0.2, 0.25) is 0 Å². The van der Waals surface area contributed by atoms with E-state index in [2.05, 4.69) is 19.8 Å². The van der Waals surface area contributed by atoms with Crippen LogP contribution in [0.1, 0.15) is 26.2 Å². The second-order valence-electron chi connectivity index (χ2n) is 9.34. The number of hydrogen-bond acceptors (Lipinski definition) is 6. The molecule has 1 amide bonds. The summed E-state index contributed by atoms with van der Waals surface area (Å²) >= 11 is 0. The Morgan fingerprint density at radius 1 is 1.21 bits per heavy atom. The molecule has 1 aliphatic carbocycles. The van der Waals surface area contributed by atoms with Crippen LogP contribution in [-0.2, 0) is 4.74 Å². The highest BCUT2D eigenvalue weighted by molar-refractivity contribution is 5.72. The average Bonchev–Trinajstić information content (AvgIpc) is 3.24. The predicted octanol–water partition coefficient (Wildman–Crippen LogP) is 3.55. The van der Waals surface area contributed by atoms with Gasteiger partial charge in [0.1, 0.15) is 11.5 Å². The lowest BCUT2D eigenvalue weighted by molar-refractivity contribution is -0.00294. The Balaban J connectivity index is 1.21. The van der Waals surface area contributed by atoms with Crippen LogP contribution in [0.3, 0.4) is 0 Å². The number of aromatic nitrogens is 2. The van der Waals surface area contributed by atoms with Crippen LogP contribution in [0, 0.1) is 17.2 Å². The van der Waals surface area contributed by atoms with Crippen molar-refractivity contribution >= 4 is 11.8 Å². The van der Waals surface area contributed by atoms with Gasteiger partial charge in [-0.25, -0.2) is 19.2 Å². The Labute approximate surface area is 192 Å². The molecule has 0 unspecified atom stereocenters. The zero-order valence-electron chi connectivity index (χ0n) is 18.8. The van der Waals surface area contributed by atoms with E-state index in [1.165, 1.54) is 12.1 Å². The third-order valence-electron chi connectivity index (χ3n) is 7.22. The van der Waals surface area contributed by atoms with E-state index < -0.39 is 11.8 Å². The second kappa shape index (κ2) is 8.85. The number of likely N-dealkylation sites (tertiary alicyclic amines) is 1. The van der Waals surface area contributed by atoms with Gasteiger partial charge in [0.25, 0.3) is 0 Å². The number of rotatable bonds is 4. The number of pyridine rings is 2. The average molecular weight is 458 g/mol. The Kier molecular flexibility index (Phi) is 5.90. The number of carbonyl (C=O) groups is 1. The van der Waals surface area contributed by atoms with Gasteiger partial charge in [-0.1, -0.05) is 6.07 Å². The molecule has 3 fully saturated rings. The summed E-state index contributed by atoms with van der Waals surface area (Å²) in [6, 6.07) is 6.54. The number of carbonyl (C=O) groups excluding carboxylic acids is 1. The number of hydrogen-bond donors (Lipinski definition) is 0. The first kappa shape index (κ1) is 22.0. The van der Waals surface area contributed by atoms with Crippen LogP contribution in [0.25, 0.3) is 11.4 Å². The lowest BCUT2D eigenvalue weighted by atomic mass is 9.78. The Morgan fingerprint density at radius 2 is 2.00 bits per heavy atom. The molecule has 4 heterocycles. The van der Waals surface area contributed by atoms with Crippen molar-refractivity contribution < 1.29 is 18.3 Å². The fourth-order valence-electron chi connectivity index (χ4n) is 5.62. The van der Waals surface area contributed by atoms with Gasteiger partial charge in [-0.05, 0) is 38.3 Å².